The van der Waals surface area contributed by atoms with Crippen LogP contribution in [0.4, 0.5) is 8.78 Å². The van der Waals surface area contributed by atoms with Crippen LogP contribution in [-0.2, 0) is 6.54 Å². The third kappa shape index (κ3) is 1.68. The van der Waals surface area contributed by atoms with Crippen LogP contribution in [0.3, 0.4) is 0 Å². The molecule has 72 valence electrons. The van der Waals surface area contributed by atoms with Crippen LogP contribution < -0.4 is 5.48 Å². The summed E-state index contributed by atoms with van der Waals surface area (Å²) in [6, 6.07) is 0.547. The van der Waals surface area contributed by atoms with E-state index in [1.807, 2.05) is 0 Å². The molecule has 0 aliphatic carbocycles. The molecule has 0 unspecified atom stereocenters. The number of phenolic OH excluding ortho intramolecular Hbond substituents is 2. The summed E-state index contributed by atoms with van der Waals surface area (Å²) in [6.45, 7) is -0.542. The Balaban J connectivity index is 3.28. The topological polar surface area (TPSA) is 72.7 Å². The molecular weight excluding hydrogens is 184 g/mol. The molecule has 0 fully saturated rings. The van der Waals surface area contributed by atoms with Crippen molar-refractivity contribution in [1.29, 1.82) is 0 Å². The lowest BCUT2D eigenvalue weighted by Gasteiger charge is -2.06. The number of hydrogen-bond donors (Lipinski definition) is 4. The summed E-state index contributed by atoms with van der Waals surface area (Å²) < 4.78 is 25.8. The molecular formula is C7H7F2NO3. The SMILES string of the molecule is ONCc1c(F)c(O)cc(O)c1F. The summed E-state index contributed by atoms with van der Waals surface area (Å²) in [5, 5.41) is 25.8. The molecule has 4 N–H and O–H groups in total. The van der Waals surface area contributed by atoms with Gasteiger partial charge in [-0.1, -0.05) is 0 Å². The average molecular weight is 191 g/mol. The monoisotopic (exact) mass is 191 g/mol. The Bertz CT molecular complexity index is 304. The fourth-order valence-corrected chi connectivity index (χ4v) is 0.896. The van der Waals surface area contributed by atoms with Gasteiger partial charge < -0.3 is 15.4 Å². The third-order valence-electron chi connectivity index (χ3n) is 1.51. The number of hydroxylamine groups is 1. The maximum absolute atomic E-state index is 12.9. The van der Waals surface area contributed by atoms with Crippen molar-refractivity contribution < 1.29 is 24.2 Å². The minimum Gasteiger partial charge on any atom is -0.505 e. The molecule has 0 bridgehead atoms. The van der Waals surface area contributed by atoms with Gasteiger partial charge in [-0.15, -0.1) is 0 Å². The molecule has 13 heavy (non-hydrogen) atoms. The molecule has 1 aromatic rings. The number of nitrogens with one attached hydrogen (secondary N) is 1. The van der Waals surface area contributed by atoms with E-state index in [1.54, 1.807) is 0 Å². The van der Waals surface area contributed by atoms with E-state index in [-0.39, 0.29) is 0 Å². The molecule has 0 aliphatic rings. The van der Waals surface area contributed by atoms with Crippen molar-refractivity contribution >= 4 is 0 Å². The van der Waals surface area contributed by atoms with Crippen molar-refractivity contribution in [3.05, 3.63) is 23.3 Å². The zero-order chi connectivity index (χ0) is 10.0. The Morgan fingerprint density at radius 1 is 1.15 bits per heavy atom. The number of halogens is 2. The molecule has 0 spiro atoms. The molecule has 1 aromatic carbocycles. The number of rotatable bonds is 2. The highest BCUT2D eigenvalue weighted by Crippen LogP contribution is 2.29. The van der Waals surface area contributed by atoms with E-state index in [9.17, 15) is 8.78 Å². The van der Waals surface area contributed by atoms with E-state index >= 15 is 0 Å². The van der Waals surface area contributed by atoms with Gasteiger partial charge in [0.2, 0.25) is 0 Å². The lowest BCUT2D eigenvalue weighted by Crippen LogP contribution is -2.10. The predicted octanol–water partition coefficient (Wildman–Crippen LogP) is 0.855. The fraction of sp³-hybridized carbons (Fsp3) is 0.143. The minimum atomic E-state index is -1.21. The lowest BCUT2D eigenvalue weighted by molar-refractivity contribution is 0.158. The van der Waals surface area contributed by atoms with Crippen molar-refractivity contribution in [2.75, 3.05) is 0 Å². The van der Waals surface area contributed by atoms with Crippen LogP contribution in [-0.4, -0.2) is 15.4 Å². The largest absolute Gasteiger partial charge is 0.505 e. The maximum atomic E-state index is 12.9. The summed E-state index contributed by atoms with van der Waals surface area (Å²) in [6.07, 6.45) is 0. The first-order valence-electron chi connectivity index (χ1n) is 3.33. The molecule has 0 saturated carbocycles. The molecule has 0 amide bonds. The maximum Gasteiger partial charge on any atom is 0.172 e. The standard InChI is InChI=1S/C7H7F2NO3/c8-6-3(2-10-13)7(9)5(12)1-4(6)11/h1,10-13H,2H2. The van der Waals surface area contributed by atoms with Crippen LogP contribution in [0.1, 0.15) is 5.56 Å². The van der Waals surface area contributed by atoms with Gasteiger partial charge in [-0.25, -0.2) is 14.3 Å². The lowest BCUT2D eigenvalue weighted by atomic mass is 10.1. The van der Waals surface area contributed by atoms with Crippen LogP contribution in [0, 0.1) is 11.6 Å². The Morgan fingerprint density at radius 2 is 1.62 bits per heavy atom. The van der Waals surface area contributed by atoms with Crippen molar-refractivity contribution in [2.24, 2.45) is 0 Å². The van der Waals surface area contributed by atoms with Crippen LogP contribution >= 0.6 is 0 Å². The van der Waals surface area contributed by atoms with Crippen molar-refractivity contribution in [1.82, 2.24) is 5.48 Å². The Morgan fingerprint density at radius 3 is 2.00 bits per heavy atom. The first-order valence-corrected chi connectivity index (χ1v) is 3.33. The average Bonchev–Trinajstić information content (AvgIpc) is 2.09. The second kappa shape index (κ2) is 3.55. The molecule has 0 saturated heterocycles. The predicted molar refractivity (Wildman–Crippen MR) is 38.3 cm³/mol. The van der Waals surface area contributed by atoms with Crippen molar-refractivity contribution in [3.63, 3.8) is 0 Å². The first kappa shape index (κ1) is 9.69. The van der Waals surface area contributed by atoms with Gasteiger partial charge in [-0.05, 0) is 0 Å². The molecule has 6 heteroatoms. The number of aromatic hydroxyl groups is 2. The fourth-order valence-electron chi connectivity index (χ4n) is 0.896. The summed E-state index contributed by atoms with van der Waals surface area (Å²) in [5.41, 5.74) is 0.893. The Hall–Kier alpha value is -1.40. The van der Waals surface area contributed by atoms with Gasteiger partial charge in [-0.2, -0.15) is 0 Å². The second-order valence-corrected chi connectivity index (χ2v) is 2.36. The first-order chi connectivity index (χ1) is 6.07. The van der Waals surface area contributed by atoms with Gasteiger partial charge in [0.1, 0.15) is 0 Å². The van der Waals surface area contributed by atoms with Crippen LogP contribution in [0.2, 0.25) is 0 Å². The molecule has 0 radical (unpaired) electrons. The smallest absolute Gasteiger partial charge is 0.172 e. The molecule has 4 nitrogen and oxygen atoms in total. The molecule has 0 aromatic heterocycles. The highest BCUT2D eigenvalue weighted by Gasteiger charge is 2.17. The van der Waals surface area contributed by atoms with E-state index in [0.29, 0.717) is 6.07 Å². The van der Waals surface area contributed by atoms with E-state index in [2.05, 4.69) is 0 Å². The second-order valence-electron chi connectivity index (χ2n) is 2.36. The van der Waals surface area contributed by atoms with Crippen LogP contribution in [0.15, 0.2) is 6.07 Å². The zero-order valence-electron chi connectivity index (χ0n) is 6.38. The van der Waals surface area contributed by atoms with E-state index < -0.39 is 35.2 Å². The Labute approximate surface area is 72.0 Å². The number of benzene rings is 1. The van der Waals surface area contributed by atoms with Crippen molar-refractivity contribution in [3.8, 4) is 11.5 Å². The van der Waals surface area contributed by atoms with E-state index in [1.165, 1.54) is 5.48 Å². The van der Waals surface area contributed by atoms with E-state index in [4.69, 9.17) is 15.4 Å². The summed E-state index contributed by atoms with van der Waals surface area (Å²) >= 11 is 0. The zero-order valence-corrected chi connectivity index (χ0v) is 6.38. The van der Waals surface area contributed by atoms with Crippen LogP contribution in [0.5, 0.6) is 11.5 Å². The highest BCUT2D eigenvalue weighted by atomic mass is 19.1. The van der Waals surface area contributed by atoms with Gasteiger partial charge >= 0.3 is 0 Å². The number of hydrogen-bond acceptors (Lipinski definition) is 4. The molecule has 0 atom stereocenters. The van der Waals surface area contributed by atoms with Gasteiger partial charge in [0.15, 0.2) is 23.1 Å². The quantitative estimate of drug-likeness (QED) is 0.523. The summed E-state index contributed by atoms with van der Waals surface area (Å²) in [7, 11) is 0. The van der Waals surface area contributed by atoms with Crippen molar-refractivity contribution in [2.45, 2.75) is 6.54 Å². The molecule has 0 heterocycles. The molecule has 1 rings (SSSR count). The minimum absolute atomic E-state index is 0.542. The summed E-state index contributed by atoms with van der Waals surface area (Å²) in [4.78, 5) is 0. The summed E-state index contributed by atoms with van der Waals surface area (Å²) in [5.74, 6) is -4.16. The van der Waals surface area contributed by atoms with E-state index in [0.717, 1.165) is 0 Å². The Kier molecular flexibility index (Phi) is 2.64. The third-order valence-corrected chi connectivity index (χ3v) is 1.51. The molecule has 0 aliphatic heterocycles. The van der Waals surface area contributed by atoms with Gasteiger partial charge in [0, 0.05) is 11.6 Å². The van der Waals surface area contributed by atoms with Gasteiger partial charge in [0.25, 0.3) is 0 Å². The number of phenols is 2. The highest BCUT2D eigenvalue weighted by molar-refractivity contribution is 5.39. The van der Waals surface area contributed by atoms with Gasteiger partial charge in [0.05, 0.1) is 6.54 Å². The van der Waals surface area contributed by atoms with Crippen LogP contribution in [0.25, 0.3) is 0 Å². The van der Waals surface area contributed by atoms with Gasteiger partial charge in [-0.3, -0.25) is 0 Å². The normalized spacial score (nSPS) is 10.4.